The molecule has 0 atom stereocenters. The molecule has 0 amide bonds. The number of ether oxygens (including phenoxy) is 1. The van der Waals surface area contributed by atoms with Gasteiger partial charge >= 0.3 is 0 Å². The SMILES string of the molecule is Nc1cccc(Cl)c1Oc1cc(Cl)cc(Cl)c1. The number of benzene rings is 2. The first-order valence-electron chi connectivity index (χ1n) is 4.74. The first-order valence-corrected chi connectivity index (χ1v) is 5.87. The predicted octanol–water partition coefficient (Wildman–Crippen LogP) is 5.02. The van der Waals surface area contributed by atoms with Crippen molar-refractivity contribution < 1.29 is 4.74 Å². The minimum atomic E-state index is 0.396. The van der Waals surface area contributed by atoms with Crippen LogP contribution >= 0.6 is 34.8 Å². The summed E-state index contributed by atoms with van der Waals surface area (Å²) in [6.07, 6.45) is 0. The summed E-state index contributed by atoms with van der Waals surface area (Å²) in [6.45, 7) is 0. The molecule has 0 spiro atoms. The lowest BCUT2D eigenvalue weighted by Crippen LogP contribution is -1.92. The van der Waals surface area contributed by atoms with Crippen molar-refractivity contribution in [2.45, 2.75) is 0 Å². The molecule has 0 aliphatic heterocycles. The smallest absolute Gasteiger partial charge is 0.168 e. The summed E-state index contributed by atoms with van der Waals surface area (Å²) >= 11 is 17.7. The average Bonchev–Trinajstić information content (AvgIpc) is 2.22. The van der Waals surface area contributed by atoms with Gasteiger partial charge in [0.25, 0.3) is 0 Å². The largest absolute Gasteiger partial charge is 0.454 e. The highest BCUT2D eigenvalue weighted by Crippen LogP contribution is 2.36. The predicted molar refractivity (Wildman–Crippen MR) is 72.4 cm³/mol. The molecule has 2 aromatic carbocycles. The van der Waals surface area contributed by atoms with E-state index in [4.69, 9.17) is 45.3 Å². The zero-order chi connectivity index (χ0) is 12.4. The molecular weight excluding hydrogens is 280 g/mol. The van der Waals surface area contributed by atoms with Crippen LogP contribution in [-0.2, 0) is 0 Å². The molecule has 2 rings (SSSR count). The molecule has 88 valence electrons. The van der Waals surface area contributed by atoms with E-state index < -0.39 is 0 Å². The molecule has 0 radical (unpaired) electrons. The van der Waals surface area contributed by atoms with Gasteiger partial charge in [-0.1, -0.05) is 40.9 Å². The van der Waals surface area contributed by atoms with E-state index in [1.807, 2.05) is 0 Å². The normalized spacial score (nSPS) is 10.3. The van der Waals surface area contributed by atoms with Crippen molar-refractivity contribution in [3.8, 4) is 11.5 Å². The van der Waals surface area contributed by atoms with Gasteiger partial charge in [-0.05, 0) is 30.3 Å². The molecule has 0 saturated heterocycles. The van der Waals surface area contributed by atoms with Crippen LogP contribution in [0.25, 0.3) is 0 Å². The van der Waals surface area contributed by atoms with Crippen molar-refractivity contribution in [1.82, 2.24) is 0 Å². The minimum absolute atomic E-state index is 0.396. The zero-order valence-corrected chi connectivity index (χ0v) is 10.9. The Bertz CT molecular complexity index is 517. The molecule has 2 N–H and O–H groups in total. The second-order valence-corrected chi connectivity index (χ2v) is 4.65. The van der Waals surface area contributed by atoms with E-state index in [0.29, 0.717) is 32.3 Å². The molecule has 17 heavy (non-hydrogen) atoms. The van der Waals surface area contributed by atoms with E-state index in [9.17, 15) is 0 Å². The fourth-order valence-corrected chi connectivity index (χ4v) is 2.06. The topological polar surface area (TPSA) is 35.2 Å². The molecule has 0 aliphatic carbocycles. The van der Waals surface area contributed by atoms with E-state index >= 15 is 0 Å². The molecule has 0 unspecified atom stereocenters. The van der Waals surface area contributed by atoms with E-state index in [2.05, 4.69) is 0 Å². The third kappa shape index (κ3) is 2.97. The van der Waals surface area contributed by atoms with Crippen LogP contribution in [0.4, 0.5) is 5.69 Å². The van der Waals surface area contributed by atoms with Gasteiger partial charge in [0.15, 0.2) is 5.75 Å². The summed E-state index contributed by atoms with van der Waals surface area (Å²) in [5.74, 6) is 0.884. The quantitative estimate of drug-likeness (QED) is 0.787. The van der Waals surface area contributed by atoms with Crippen molar-refractivity contribution in [2.75, 3.05) is 5.73 Å². The molecule has 0 heterocycles. The van der Waals surface area contributed by atoms with Gasteiger partial charge in [0.1, 0.15) is 5.75 Å². The van der Waals surface area contributed by atoms with Crippen LogP contribution in [0, 0.1) is 0 Å². The molecule has 0 saturated carbocycles. The zero-order valence-electron chi connectivity index (χ0n) is 8.58. The highest BCUT2D eigenvalue weighted by atomic mass is 35.5. The first-order chi connectivity index (χ1) is 8.06. The van der Waals surface area contributed by atoms with Crippen LogP contribution in [0.2, 0.25) is 15.1 Å². The Labute approximate surface area is 114 Å². The first kappa shape index (κ1) is 12.4. The van der Waals surface area contributed by atoms with Gasteiger partial charge in [-0.25, -0.2) is 0 Å². The average molecular weight is 289 g/mol. The summed E-state index contributed by atoms with van der Waals surface area (Å²) in [7, 11) is 0. The Balaban J connectivity index is 2.38. The second-order valence-electron chi connectivity index (χ2n) is 3.37. The Hall–Kier alpha value is -1.09. The molecule has 2 aromatic rings. The Morgan fingerprint density at radius 3 is 2.18 bits per heavy atom. The third-order valence-corrected chi connectivity index (χ3v) is 2.79. The number of nitrogens with two attached hydrogens (primary N) is 1. The minimum Gasteiger partial charge on any atom is -0.454 e. The molecule has 0 aliphatic rings. The van der Waals surface area contributed by atoms with Crippen LogP contribution in [0.3, 0.4) is 0 Å². The fourth-order valence-electron chi connectivity index (χ4n) is 1.34. The molecule has 5 heteroatoms. The van der Waals surface area contributed by atoms with Crippen molar-refractivity contribution in [3.63, 3.8) is 0 Å². The summed E-state index contributed by atoms with van der Waals surface area (Å²) in [4.78, 5) is 0. The van der Waals surface area contributed by atoms with E-state index in [1.165, 1.54) is 0 Å². The number of halogens is 3. The Morgan fingerprint density at radius 2 is 1.59 bits per heavy atom. The van der Waals surface area contributed by atoms with Crippen molar-refractivity contribution >= 4 is 40.5 Å². The Morgan fingerprint density at radius 1 is 0.941 bits per heavy atom. The fraction of sp³-hybridized carbons (Fsp3) is 0. The summed E-state index contributed by atoms with van der Waals surface area (Å²) in [5, 5.41) is 1.40. The highest BCUT2D eigenvalue weighted by molar-refractivity contribution is 6.35. The number of hydrogen-bond donors (Lipinski definition) is 1. The lowest BCUT2D eigenvalue weighted by molar-refractivity contribution is 0.485. The number of nitrogen functional groups attached to an aromatic ring is 1. The third-order valence-electron chi connectivity index (χ3n) is 2.05. The summed E-state index contributed by atoms with van der Waals surface area (Å²) in [5.41, 5.74) is 6.22. The molecule has 0 aromatic heterocycles. The molecule has 0 bridgehead atoms. The number of hydrogen-bond acceptors (Lipinski definition) is 2. The van der Waals surface area contributed by atoms with E-state index in [-0.39, 0.29) is 0 Å². The van der Waals surface area contributed by atoms with Gasteiger partial charge in [0.2, 0.25) is 0 Å². The maximum Gasteiger partial charge on any atom is 0.168 e. The van der Waals surface area contributed by atoms with E-state index in [0.717, 1.165) is 0 Å². The summed E-state index contributed by atoms with van der Waals surface area (Å²) < 4.78 is 5.58. The van der Waals surface area contributed by atoms with Crippen LogP contribution in [0.15, 0.2) is 36.4 Å². The molecular formula is C12H8Cl3NO. The van der Waals surface area contributed by atoms with Gasteiger partial charge in [0, 0.05) is 10.0 Å². The van der Waals surface area contributed by atoms with Gasteiger partial charge in [-0.2, -0.15) is 0 Å². The van der Waals surface area contributed by atoms with Crippen molar-refractivity contribution in [1.29, 1.82) is 0 Å². The monoisotopic (exact) mass is 287 g/mol. The van der Waals surface area contributed by atoms with Gasteiger partial charge < -0.3 is 10.5 Å². The maximum absolute atomic E-state index is 5.99. The number of rotatable bonds is 2. The lowest BCUT2D eigenvalue weighted by atomic mass is 10.3. The maximum atomic E-state index is 5.99. The van der Waals surface area contributed by atoms with Gasteiger partial charge in [0.05, 0.1) is 10.7 Å². The van der Waals surface area contributed by atoms with Crippen LogP contribution in [0.1, 0.15) is 0 Å². The lowest BCUT2D eigenvalue weighted by Gasteiger charge is -2.10. The van der Waals surface area contributed by atoms with Crippen molar-refractivity contribution in [3.05, 3.63) is 51.5 Å². The highest BCUT2D eigenvalue weighted by Gasteiger charge is 2.08. The van der Waals surface area contributed by atoms with Crippen molar-refractivity contribution in [2.24, 2.45) is 0 Å². The standard InChI is InChI=1S/C12H8Cl3NO/c13-7-4-8(14)6-9(5-7)17-12-10(15)2-1-3-11(12)16/h1-6H,16H2. The molecule has 2 nitrogen and oxygen atoms in total. The van der Waals surface area contributed by atoms with Crippen LogP contribution in [0.5, 0.6) is 11.5 Å². The second kappa shape index (κ2) is 5.05. The van der Waals surface area contributed by atoms with Crippen LogP contribution in [-0.4, -0.2) is 0 Å². The van der Waals surface area contributed by atoms with Crippen LogP contribution < -0.4 is 10.5 Å². The van der Waals surface area contributed by atoms with Gasteiger partial charge in [-0.15, -0.1) is 0 Å². The van der Waals surface area contributed by atoms with Gasteiger partial charge in [-0.3, -0.25) is 0 Å². The molecule has 0 fully saturated rings. The van der Waals surface area contributed by atoms with E-state index in [1.54, 1.807) is 36.4 Å². The Kier molecular flexibility index (Phi) is 3.67. The number of anilines is 1. The summed E-state index contributed by atoms with van der Waals surface area (Å²) in [6, 6.07) is 10.0. The number of para-hydroxylation sites is 1.